The van der Waals surface area contributed by atoms with Crippen LogP contribution in [0.1, 0.15) is 38.4 Å². The van der Waals surface area contributed by atoms with Crippen LogP contribution in [0.3, 0.4) is 0 Å². The van der Waals surface area contributed by atoms with Gasteiger partial charge < -0.3 is 21.1 Å². The fraction of sp³-hybridized carbons (Fsp3) is 0.500. The predicted molar refractivity (Wildman–Crippen MR) is 118 cm³/mol. The quantitative estimate of drug-likeness (QED) is 0.673. The van der Waals surface area contributed by atoms with Gasteiger partial charge in [0.1, 0.15) is 6.04 Å². The Balaban J connectivity index is 1.63. The Morgan fingerprint density at radius 3 is 2.57 bits per heavy atom. The molecule has 2 heterocycles. The SMILES string of the molecule is Cc1ncsc1-c1ccc(CNC(=O)[C@@H]2C[C@H](O)CN2C(=O)[C@@H](N)C(C)(C)C)cc1. The highest BCUT2D eigenvalue weighted by Crippen LogP contribution is 2.27. The predicted octanol–water partition coefficient (Wildman–Crippen LogP) is 2.07. The summed E-state index contributed by atoms with van der Waals surface area (Å²) < 4.78 is 0. The first-order chi connectivity index (χ1) is 14.1. The van der Waals surface area contributed by atoms with Crippen LogP contribution in [0, 0.1) is 12.3 Å². The van der Waals surface area contributed by atoms with Gasteiger partial charge in [0.15, 0.2) is 0 Å². The van der Waals surface area contributed by atoms with E-state index < -0.39 is 23.6 Å². The van der Waals surface area contributed by atoms with Crippen LogP contribution < -0.4 is 11.1 Å². The summed E-state index contributed by atoms with van der Waals surface area (Å²) in [4.78, 5) is 32.4. The highest BCUT2D eigenvalue weighted by atomic mass is 32.1. The number of β-amino-alcohol motifs (C(OH)–C–C–N with tert-alkyl or cyclic N) is 1. The number of nitrogens with two attached hydrogens (primary N) is 1. The van der Waals surface area contributed by atoms with Gasteiger partial charge in [0.05, 0.1) is 28.2 Å². The first-order valence-corrected chi connectivity index (χ1v) is 11.0. The maximum atomic E-state index is 12.8. The fourth-order valence-corrected chi connectivity index (χ4v) is 4.33. The molecule has 0 aliphatic carbocycles. The van der Waals surface area contributed by atoms with Gasteiger partial charge in [-0.25, -0.2) is 4.98 Å². The minimum Gasteiger partial charge on any atom is -0.391 e. The zero-order chi connectivity index (χ0) is 22.1. The molecule has 1 aromatic carbocycles. The molecule has 0 spiro atoms. The lowest BCUT2D eigenvalue weighted by Gasteiger charge is -2.32. The summed E-state index contributed by atoms with van der Waals surface area (Å²) in [5, 5.41) is 13.0. The van der Waals surface area contributed by atoms with E-state index in [0.717, 1.165) is 21.7 Å². The smallest absolute Gasteiger partial charge is 0.243 e. The molecule has 1 aromatic heterocycles. The number of benzene rings is 1. The van der Waals surface area contributed by atoms with Gasteiger partial charge in [-0.2, -0.15) is 0 Å². The van der Waals surface area contributed by atoms with Crippen molar-refractivity contribution in [2.45, 2.75) is 58.8 Å². The third-order valence-electron chi connectivity index (χ3n) is 5.49. The summed E-state index contributed by atoms with van der Waals surface area (Å²) >= 11 is 1.60. The molecule has 8 heteroatoms. The monoisotopic (exact) mass is 430 g/mol. The molecule has 1 fully saturated rings. The molecule has 2 amide bonds. The van der Waals surface area contributed by atoms with Gasteiger partial charge >= 0.3 is 0 Å². The maximum absolute atomic E-state index is 12.8. The van der Waals surface area contributed by atoms with E-state index in [1.54, 1.807) is 11.3 Å². The molecule has 0 radical (unpaired) electrons. The average molecular weight is 431 g/mol. The summed E-state index contributed by atoms with van der Waals surface area (Å²) in [6.07, 6.45) is -0.503. The fourth-order valence-electron chi connectivity index (χ4n) is 3.51. The van der Waals surface area contributed by atoms with Crippen molar-refractivity contribution < 1.29 is 14.7 Å². The molecule has 1 aliphatic heterocycles. The van der Waals surface area contributed by atoms with E-state index in [9.17, 15) is 14.7 Å². The van der Waals surface area contributed by atoms with Crippen molar-refractivity contribution in [3.05, 3.63) is 41.0 Å². The molecule has 3 atom stereocenters. The molecule has 0 bridgehead atoms. The molecule has 2 aromatic rings. The highest BCUT2D eigenvalue weighted by Gasteiger charge is 2.42. The molecule has 162 valence electrons. The second-order valence-electron chi connectivity index (χ2n) is 8.92. The summed E-state index contributed by atoms with van der Waals surface area (Å²) in [7, 11) is 0. The van der Waals surface area contributed by atoms with Crippen LogP contribution in [0.15, 0.2) is 29.8 Å². The van der Waals surface area contributed by atoms with Crippen molar-refractivity contribution in [1.82, 2.24) is 15.2 Å². The summed E-state index contributed by atoms with van der Waals surface area (Å²) in [6, 6.07) is 6.52. The number of aliphatic hydroxyl groups excluding tert-OH is 1. The minimum atomic E-state index is -0.735. The lowest BCUT2D eigenvalue weighted by atomic mass is 9.86. The number of carbonyl (C=O) groups excluding carboxylic acids is 2. The molecule has 3 rings (SSSR count). The highest BCUT2D eigenvalue weighted by molar-refractivity contribution is 7.13. The zero-order valence-electron chi connectivity index (χ0n) is 17.9. The second kappa shape index (κ2) is 8.83. The first-order valence-electron chi connectivity index (χ1n) is 10.1. The average Bonchev–Trinajstić information content (AvgIpc) is 3.30. The van der Waals surface area contributed by atoms with Crippen molar-refractivity contribution in [2.75, 3.05) is 6.54 Å². The number of hydrogen-bond donors (Lipinski definition) is 3. The molecule has 1 saturated heterocycles. The molecule has 7 nitrogen and oxygen atoms in total. The van der Waals surface area contributed by atoms with Crippen LogP contribution in [-0.4, -0.2) is 51.5 Å². The number of nitrogens with one attached hydrogen (secondary N) is 1. The number of rotatable bonds is 5. The Kier molecular flexibility index (Phi) is 6.59. The molecular weight excluding hydrogens is 400 g/mol. The zero-order valence-corrected chi connectivity index (χ0v) is 18.7. The largest absolute Gasteiger partial charge is 0.391 e. The van der Waals surface area contributed by atoms with E-state index in [1.165, 1.54) is 4.90 Å². The molecule has 0 saturated carbocycles. The van der Waals surface area contributed by atoms with E-state index in [0.29, 0.717) is 6.54 Å². The summed E-state index contributed by atoms with van der Waals surface area (Å²) in [5.41, 5.74) is 10.6. The Bertz CT molecular complexity index is 904. The van der Waals surface area contributed by atoms with Crippen molar-refractivity contribution in [3.63, 3.8) is 0 Å². The third-order valence-corrected chi connectivity index (χ3v) is 6.47. The van der Waals surface area contributed by atoms with Crippen LogP contribution in [0.2, 0.25) is 0 Å². The Morgan fingerprint density at radius 1 is 1.33 bits per heavy atom. The molecule has 0 unspecified atom stereocenters. The van der Waals surface area contributed by atoms with Gasteiger partial charge in [0, 0.05) is 19.5 Å². The van der Waals surface area contributed by atoms with Crippen molar-refractivity contribution in [2.24, 2.45) is 11.1 Å². The van der Waals surface area contributed by atoms with Crippen LogP contribution in [-0.2, 0) is 16.1 Å². The van der Waals surface area contributed by atoms with Crippen LogP contribution in [0.25, 0.3) is 10.4 Å². The van der Waals surface area contributed by atoms with Crippen LogP contribution in [0.4, 0.5) is 0 Å². The molecular formula is C22H30N4O3S. The number of aromatic nitrogens is 1. The number of likely N-dealkylation sites (tertiary alicyclic amines) is 1. The Hall–Kier alpha value is -2.29. The standard InChI is InChI=1S/C22H30N4O3S/c1-13-18(30-12-25-13)15-7-5-14(6-8-15)10-24-20(28)17-9-16(27)11-26(17)21(29)19(23)22(2,3)4/h5-8,12,16-17,19,27H,9-11,23H2,1-4H3,(H,24,28)/t16-,17-,19+/m0/s1. The van der Waals surface area contributed by atoms with Crippen molar-refractivity contribution >= 4 is 23.2 Å². The number of aryl methyl sites for hydroxylation is 1. The van der Waals surface area contributed by atoms with Gasteiger partial charge in [-0.3, -0.25) is 9.59 Å². The van der Waals surface area contributed by atoms with Crippen molar-refractivity contribution in [1.29, 1.82) is 0 Å². The van der Waals surface area contributed by atoms with E-state index in [-0.39, 0.29) is 24.8 Å². The Labute approximate surface area is 181 Å². The molecule has 1 aliphatic rings. The second-order valence-corrected chi connectivity index (χ2v) is 9.78. The van der Waals surface area contributed by atoms with Gasteiger partial charge in [0.25, 0.3) is 0 Å². The van der Waals surface area contributed by atoms with Crippen LogP contribution >= 0.6 is 11.3 Å². The molecule has 30 heavy (non-hydrogen) atoms. The minimum absolute atomic E-state index is 0.129. The number of amides is 2. The Morgan fingerprint density at radius 2 is 2.00 bits per heavy atom. The normalized spacial score (nSPS) is 20.3. The lowest BCUT2D eigenvalue weighted by molar-refractivity contribution is -0.141. The number of thiazole rings is 1. The van der Waals surface area contributed by atoms with E-state index in [2.05, 4.69) is 10.3 Å². The topological polar surface area (TPSA) is 109 Å². The van der Waals surface area contributed by atoms with Gasteiger partial charge in [-0.15, -0.1) is 11.3 Å². The van der Waals surface area contributed by atoms with Gasteiger partial charge in [-0.1, -0.05) is 45.0 Å². The van der Waals surface area contributed by atoms with Crippen LogP contribution in [0.5, 0.6) is 0 Å². The van der Waals surface area contributed by atoms with E-state index in [1.807, 2.05) is 57.5 Å². The molecule has 4 N–H and O–H groups in total. The lowest BCUT2D eigenvalue weighted by Crippen LogP contribution is -2.54. The van der Waals surface area contributed by atoms with E-state index in [4.69, 9.17) is 5.73 Å². The van der Waals surface area contributed by atoms with Crippen molar-refractivity contribution in [3.8, 4) is 10.4 Å². The van der Waals surface area contributed by atoms with E-state index >= 15 is 0 Å². The maximum Gasteiger partial charge on any atom is 0.243 e. The number of carbonyl (C=O) groups is 2. The summed E-state index contributed by atoms with van der Waals surface area (Å²) in [6.45, 7) is 8.11. The summed E-state index contributed by atoms with van der Waals surface area (Å²) in [5.74, 6) is -0.577. The third kappa shape index (κ3) is 4.88. The van der Waals surface area contributed by atoms with Gasteiger partial charge in [-0.05, 0) is 23.5 Å². The first kappa shape index (κ1) is 22.4. The number of hydrogen-bond acceptors (Lipinski definition) is 6. The number of aliphatic hydroxyl groups is 1. The van der Waals surface area contributed by atoms with Gasteiger partial charge in [0.2, 0.25) is 11.8 Å². The number of nitrogens with zero attached hydrogens (tertiary/aromatic N) is 2.